The van der Waals surface area contributed by atoms with Crippen LogP contribution in [0.25, 0.3) is 0 Å². The van der Waals surface area contributed by atoms with Gasteiger partial charge in [0.05, 0.1) is 0 Å². The van der Waals surface area contributed by atoms with Gasteiger partial charge in [0.1, 0.15) is 0 Å². The molecule has 3 heteroatoms. The summed E-state index contributed by atoms with van der Waals surface area (Å²) in [6, 6.07) is 0. The van der Waals surface area contributed by atoms with Crippen molar-refractivity contribution in [2.24, 2.45) is 5.92 Å². The molecule has 0 bridgehead atoms. The van der Waals surface area contributed by atoms with Crippen LogP contribution in [0.15, 0.2) is 37.0 Å². The average molecular weight is 320 g/mol. The Balaban J connectivity index is 2.15. The maximum Gasteiger partial charge on any atom is 0.0233 e. The minimum atomic E-state index is 0.904. The molecule has 1 rings (SSSR count). The highest BCUT2D eigenvalue weighted by atomic mass is 15.1. The zero-order chi connectivity index (χ0) is 16.9. The summed E-state index contributed by atoms with van der Waals surface area (Å²) in [5.41, 5.74) is 1.28. The summed E-state index contributed by atoms with van der Waals surface area (Å²) in [7, 11) is 4.30. The fourth-order valence-electron chi connectivity index (χ4n) is 3.23. The monoisotopic (exact) mass is 319 g/mol. The van der Waals surface area contributed by atoms with Gasteiger partial charge < -0.3 is 10.2 Å². The second kappa shape index (κ2) is 12.5. The number of nitrogens with zero attached hydrogens (tertiary/aromatic N) is 2. The van der Waals surface area contributed by atoms with E-state index >= 15 is 0 Å². The predicted molar refractivity (Wildman–Crippen MR) is 103 cm³/mol. The van der Waals surface area contributed by atoms with Crippen molar-refractivity contribution in [2.45, 2.75) is 32.1 Å². The molecule has 1 N–H and O–H groups in total. The zero-order valence-electron chi connectivity index (χ0n) is 15.4. The van der Waals surface area contributed by atoms with E-state index in [1.165, 1.54) is 63.9 Å². The molecule has 1 saturated heterocycles. The van der Waals surface area contributed by atoms with Crippen LogP contribution >= 0.6 is 0 Å². The van der Waals surface area contributed by atoms with Crippen LogP contribution in [0.1, 0.15) is 32.1 Å². The third-order valence-corrected chi connectivity index (χ3v) is 4.84. The predicted octanol–water partition coefficient (Wildman–Crippen LogP) is 3.32. The number of nitrogens with one attached hydrogen (secondary N) is 1. The SMILES string of the molecule is C=C/C=C(\C=C)CN1CCC(CCN(C)CCCCNC)CC1. The fourth-order valence-corrected chi connectivity index (χ4v) is 3.23. The van der Waals surface area contributed by atoms with Crippen LogP contribution < -0.4 is 5.32 Å². The van der Waals surface area contributed by atoms with Gasteiger partial charge in [-0.25, -0.2) is 0 Å². The second-order valence-electron chi connectivity index (χ2n) is 6.80. The fraction of sp³-hybridized carbons (Fsp3) is 0.700. The van der Waals surface area contributed by atoms with Gasteiger partial charge in [0.2, 0.25) is 0 Å². The molecular formula is C20H37N3. The van der Waals surface area contributed by atoms with Crippen molar-refractivity contribution >= 4 is 0 Å². The third-order valence-electron chi connectivity index (χ3n) is 4.84. The van der Waals surface area contributed by atoms with Gasteiger partial charge in [0.25, 0.3) is 0 Å². The minimum Gasteiger partial charge on any atom is -0.320 e. The van der Waals surface area contributed by atoms with E-state index in [1.54, 1.807) is 0 Å². The normalized spacial score (nSPS) is 17.6. The van der Waals surface area contributed by atoms with E-state index in [0.717, 1.165) is 19.0 Å². The summed E-state index contributed by atoms with van der Waals surface area (Å²) < 4.78 is 0. The van der Waals surface area contributed by atoms with Crippen LogP contribution in [0.4, 0.5) is 0 Å². The van der Waals surface area contributed by atoms with Crippen molar-refractivity contribution in [1.82, 2.24) is 15.1 Å². The molecule has 0 aromatic heterocycles. The van der Waals surface area contributed by atoms with Gasteiger partial charge in [0, 0.05) is 6.54 Å². The number of hydrogen-bond acceptors (Lipinski definition) is 3. The van der Waals surface area contributed by atoms with E-state index in [2.05, 4.69) is 41.4 Å². The molecule has 23 heavy (non-hydrogen) atoms. The summed E-state index contributed by atoms with van der Waals surface area (Å²) in [5, 5.41) is 3.22. The Morgan fingerprint density at radius 1 is 1.22 bits per heavy atom. The standard InChI is InChI=1S/C20H37N3/c1-5-9-19(6-2)18-23-16-11-20(12-17-23)10-15-22(4)14-8-7-13-21-3/h5-6,9,20-21H,1-2,7-8,10-18H2,3-4H3/b19-9+. The highest BCUT2D eigenvalue weighted by molar-refractivity contribution is 5.22. The number of allylic oxidation sites excluding steroid dienone is 2. The van der Waals surface area contributed by atoms with Crippen LogP contribution in [-0.2, 0) is 0 Å². The van der Waals surface area contributed by atoms with Gasteiger partial charge in [-0.1, -0.05) is 31.4 Å². The van der Waals surface area contributed by atoms with Crippen LogP contribution in [0, 0.1) is 5.92 Å². The van der Waals surface area contributed by atoms with Gasteiger partial charge >= 0.3 is 0 Å². The highest BCUT2D eigenvalue weighted by Crippen LogP contribution is 2.21. The summed E-state index contributed by atoms with van der Waals surface area (Å²) in [6.45, 7) is 14.7. The van der Waals surface area contributed by atoms with Crippen molar-refractivity contribution in [3.63, 3.8) is 0 Å². The van der Waals surface area contributed by atoms with Crippen molar-refractivity contribution < 1.29 is 0 Å². The van der Waals surface area contributed by atoms with Gasteiger partial charge in [-0.3, -0.25) is 4.90 Å². The summed E-state index contributed by atoms with van der Waals surface area (Å²) in [5.74, 6) is 0.904. The molecule has 0 radical (unpaired) electrons. The molecule has 3 nitrogen and oxygen atoms in total. The molecule has 0 aromatic carbocycles. The average Bonchev–Trinajstić information content (AvgIpc) is 2.57. The Morgan fingerprint density at radius 3 is 2.57 bits per heavy atom. The first-order valence-corrected chi connectivity index (χ1v) is 9.19. The van der Waals surface area contributed by atoms with Crippen LogP contribution in [0.5, 0.6) is 0 Å². The quantitative estimate of drug-likeness (QED) is 0.440. The molecule has 1 fully saturated rings. The van der Waals surface area contributed by atoms with E-state index < -0.39 is 0 Å². The first kappa shape index (κ1) is 20.1. The number of likely N-dealkylation sites (tertiary alicyclic amines) is 1. The topological polar surface area (TPSA) is 18.5 Å². The molecular weight excluding hydrogens is 282 g/mol. The van der Waals surface area contributed by atoms with Crippen LogP contribution in [0.2, 0.25) is 0 Å². The highest BCUT2D eigenvalue weighted by Gasteiger charge is 2.19. The zero-order valence-corrected chi connectivity index (χ0v) is 15.4. The van der Waals surface area contributed by atoms with E-state index in [9.17, 15) is 0 Å². The summed E-state index contributed by atoms with van der Waals surface area (Å²) in [6.07, 6.45) is 12.5. The van der Waals surface area contributed by atoms with Crippen LogP contribution in [0.3, 0.4) is 0 Å². The van der Waals surface area contributed by atoms with Crippen molar-refractivity contribution in [2.75, 3.05) is 53.4 Å². The Bertz CT molecular complexity index is 354. The van der Waals surface area contributed by atoms with Gasteiger partial charge in [-0.05, 0) is 90.4 Å². The Morgan fingerprint density at radius 2 is 1.96 bits per heavy atom. The summed E-state index contributed by atoms with van der Waals surface area (Å²) in [4.78, 5) is 5.06. The lowest BCUT2D eigenvalue weighted by Gasteiger charge is -2.33. The number of rotatable bonds is 12. The number of unbranched alkanes of at least 4 members (excludes halogenated alkanes) is 1. The Labute approximate surface area is 144 Å². The molecule has 0 aliphatic carbocycles. The van der Waals surface area contributed by atoms with Crippen LogP contribution in [-0.4, -0.2) is 63.2 Å². The lowest BCUT2D eigenvalue weighted by molar-refractivity contribution is 0.179. The Hall–Kier alpha value is -0.900. The molecule has 0 unspecified atom stereocenters. The van der Waals surface area contributed by atoms with Crippen molar-refractivity contribution in [3.8, 4) is 0 Å². The molecule has 1 aliphatic heterocycles. The third kappa shape index (κ3) is 9.09. The van der Waals surface area contributed by atoms with E-state index in [4.69, 9.17) is 0 Å². The summed E-state index contributed by atoms with van der Waals surface area (Å²) >= 11 is 0. The van der Waals surface area contributed by atoms with E-state index in [-0.39, 0.29) is 0 Å². The smallest absolute Gasteiger partial charge is 0.0233 e. The molecule has 0 amide bonds. The molecule has 0 spiro atoms. The van der Waals surface area contributed by atoms with Gasteiger partial charge in [-0.2, -0.15) is 0 Å². The molecule has 132 valence electrons. The first-order valence-electron chi connectivity index (χ1n) is 9.19. The van der Waals surface area contributed by atoms with Crippen molar-refractivity contribution in [3.05, 3.63) is 37.0 Å². The second-order valence-corrected chi connectivity index (χ2v) is 6.80. The van der Waals surface area contributed by atoms with E-state index in [0.29, 0.717) is 0 Å². The van der Waals surface area contributed by atoms with Crippen molar-refractivity contribution in [1.29, 1.82) is 0 Å². The molecule has 0 saturated carbocycles. The van der Waals surface area contributed by atoms with Gasteiger partial charge in [0.15, 0.2) is 0 Å². The maximum atomic E-state index is 3.89. The Kier molecular flexibility index (Phi) is 11.0. The minimum absolute atomic E-state index is 0.904. The molecule has 0 atom stereocenters. The van der Waals surface area contributed by atoms with E-state index in [1.807, 2.05) is 19.2 Å². The largest absolute Gasteiger partial charge is 0.320 e. The molecule has 1 aliphatic rings. The molecule has 1 heterocycles. The number of piperidine rings is 1. The maximum absolute atomic E-state index is 3.89. The lowest BCUT2D eigenvalue weighted by Crippen LogP contribution is -2.36. The first-order chi connectivity index (χ1) is 11.2. The van der Waals surface area contributed by atoms with Gasteiger partial charge in [-0.15, -0.1) is 0 Å². The number of hydrogen-bond donors (Lipinski definition) is 1. The molecule has 0 aromatic rings. The lowest BCUT2D eigenvalue weighted by atomic mass is 9.93.